The number of hydrogen-bond acceptors (Lipinski definition) is 10. The molecule has 0 aliphatic heterocycles. The minimum atomic E-state index is -0.382. The summed E-state index contributed by atoms with van der Waals surface area (Å²) in [6, 6.07) is 8.12. The van der Waals surface area contributed by atoms with Gasteiger partial charge in [0.05, 0.1) is 24.2 Å². The van der Waals surface area contributed by atoms with Gasteiger partial charge in [-0.3, -0.25) is 14.2 Å². The monoisotopic (exact) mass is 542 g/mol. The molecule has 0 amide bonds. The number of carbonyl (C=O) groups excluding carboxylic acids is 1. The highest BCUT2D eigenvalue weighted by Crippen LogP contribution is 2.37. The van der Waals surface area contributed by atoms with Crippen LogP contribution in [-0.2, 0) is 22.4 Å². The minimum Gasteiger partial charge on any atom is -0.466 e. The van der Waals surface area contributed by atoms with Crippen molar-refractivity contribution in [1.29, 1.82) is 5.26 Å². The van der Waals surface area contributed by atoms with Crippen molar-refractivity contribution in [2.45, 2.75) is 26.7 Å². The van der Waals surface area contributed by atoms with E-state index in [1.54, 1.807) is 37.6 Å². The number of aryl methyl sites for hydroxylation is 1. The second-order valence-electron chi connectivity index (χ2n) is 8.46. The Morgan fingerprint density at radius 3 is 2.51 bits per heavy atom. The molecule has 5 aromatic rings. The zero-order valence-electron chi connectivity index (χ0n) is 21.4. The lowest BCUT2D eigenvalue weighted by Gasteiger charge is -2.17. The van der Waals surface area contributed by atoms with Crippen LogP contribution in [0.2, 0.25) is 0 Å². The first-order chi connectivity index (χ1) is 18.9. The van der Waals surface area contributed by atoms with Crippen LogP contribution < -0.4 is 4.90 Å². The number of thiazole rings is 1. The molecule has 4 heterocycles. The number of imidazole rings is 1. The van der Waals surface area contributed by atoms with Gasteiger partial charge in [-0.15, -0.1) is 0 Å². The third-order valence-corrected chi connectivity index (χ3v) is 6.97. The Balaban J connectivity index is 1.52. The highest BCUT2D eigenvalue weighted by atomic mass is 32.1. The second kappa shape index (κ2) is 10.9. The highest BCUT2D eigenvalue weighted by molar-refractivity contribution is 7.16. The van der Waals surface area contributed by atoms with Crippen LogP contribution in [0.25, 0.3) is 28.2 Å². The Morgan fingerprint density at radius 1 is 1.10 bits per heavy atom. The maximum absolute atomic E-state index is 13.5. The van der Waals surface area contributed by atoms with Crippen LogP contribution in [0.15, 0.2) is 49.1 Å². The number of nitriles is 1. The predicted octanol–water partition coefficient (Wildman–Crippen LogP) is 4.76. The maximum Gasteiger partial charge on any atom is 0.313 e. The molecule has 0 unspecified atom stereocenters. The number of carbonyl (C=O) groups is 1. The van der Waals surface area contributed by atoms with E-state index in [1.165, 1.54) is 23.5 Å². The molecule has 5 rings (SSSR count). The van der Waals surface area contributed by atoms with Crippen molar-refractivity contribution < 1.29 is 13.9 Å². The SMILES string of the molecule is CCOC(=O)Cc1ncc(-c2cn3c(N(C)c4nc(-c5ccc(F)cc5)c(C#N)s4)c(CC)nc3cn2)cn1. The van der Waals surface area contributed by atoms with Gasteiger partial charge in [0.1, 0.15) is 40.5 Å². The van der Waals surface area contributed by atoms with Gasteiger partial charge in [0.15, 0.2) is 10.8 Å². The third kappa shape index (κ3) is 5.17. The Hall–Kier alpha value is -4.76. The molecular formula is C27H23FN8O2S. The van der Waals surface area contributed by atoms with E-state index in [2.05, 4.69) is 21.0 Å². The average Bonchev–Trinajstić information content (AvgIpc) is 3.55. The number of rotatable bonds is 8. The first-order valence-electron chi connectivity index (χ1n) is 12.2. The first kappa shape index (κ1) is 25.9. The molecule has 0 aliphatic rings. The molecule has 0 saturated heterocycles. The van der Waals surface area contributed by atoms with Crippen molar-refractivity contribution >= 4 is 33.9 Å². The standard InChI is InChI=1S/C27H23FN8O2S/c1-4-19-26(35(3)27-34-25(21(11-29)39-27)16-6-8-18(28)9-7-16)36-15-20(30-14-23(36)33-19)17-12-31-22(32-13-17)10-24(37)38-5-2/h6-9,12-15H,4-5,10H2,1-3H3. The van der Waals surface area contributed by atoms with Crippen molar-refractivity contribution in [2.75, 3.05) is 18.6 Å². The highest BCUT2D eigenvalue weighted by Gasteiger charge is 2.22. The molecule has 196 valence electrons. The van der Waals surface area contributed by atoms with E-state index >= 15 is 0 Å². The number of esters is 1. The van der Waals surface area contributed by atoms with E-state index in [0.717, 1.165) is 11.5 Å². The van der Waals surface area contributed by atoms with Gasteiger partial charge < -0.3 is 9.64 Å². The lowest BCUT2D eigenvalue weighted by atomic mass is 10.1. The summed E-state index contributed by atoms with van der Waals surface area (Å²) >= 11 is 1.25. The molecule has 0 saturated carbocycles. The quantitative estimate of drug-likeness (QED) is 0.255. The van der Waals surface area contributed by atoms with Gasteiger partial charge in [-0.05, 0) is 37.6 Å². The van der Waals surface area contributed by atoms with Crippen LogP contribution in [0.4, 0.5) is 15.3 Å². The average molecular weight is 543 g/mol. The topological polar surface area (TPSA) is 122 Å². The fraction of sp³-hybridized carbons (Fsp3) is 0.222. The Labute approximate surface area is 227 Å². The zero-order valence-corrected chi connectivity index (χ0v) is 22.2. The zero-order chi connectivity index (χ0) is 27.5. The summed E-state index contributed by atoms with van der Waals surface area (Å²) in [6.45, 7) is 4.06. The number of ether oxygens (including phenoxy) is 1. The molecular weight excluding hydrogens is 519 g/mol. The molecule has 0 N–H and O–H groups in total. The molecule has 1 aromatic carbocycles. The van der Waals surface area contributed by atoms with Gasteiger partial charge in [0, 0.05) is 36.8 Å². The van der Waals surface area contributed by atoms with Crippen molar-refractivity contribution in [1.82, 2.24) is 29.3 Å². The van der Waals surface area contributed by atoms with E-state index in [4.69, 9.17) is 14.7 Å². The molecule has 0 aliphatic carbocycles. The molecule has 12 heteroatoms. The Bertz CT molecular complexity index is 1690. The van der Waals surface area contributed by atoms with Crippen molar-refractivity contribution in [3.8, 4) is 28.6 Å². The summed E-state index contributed by atoms with van der Waals surface area (Å²) in [5.74, 6) is 0.405. The molecule has 0 bridgehead atoms. The lowest BCUT2D eigenvalue weighted by Crippen LogP contribution is -2.13. The van der Waals surface area contributed by atoms with Crippen LogP contribution in [0.1, 0.15) is 30.2 Å². The van der Waals surface area contributed by atoms with E-state index in [1.807, 2.05) is 29.5 Å². The maximum atomic E-state index is 13.5. The van der Waals surface area contributed by atoms with Crippen molar-refractivity contribution in [3.63, 3.8) is 0 Å². The molecule has 0 spiro atoms. The third-order valence-electron chi connectivity index (χ3n) is 5.94. The van der Waals surface area contributed by atoms with Gasteiger partial charge in [-0.1, -0.05) is 18.3 Å². The fourth-order valence-electron chi connectivity index (χ4n) is 4.07. The normalized spacial score (nSPS) is 10.9. The van der Waals surface area contributed by atoms with Crippen molar-refractivity contribution in [2.24, 2.45) is 0 Å². The molecule has 0 fully saturated rings. The van der Waals surface area contributed by atoms with Gasteiger partial charge in [0.2, 0.25) is 0 Å². The summed E-state index contributed by atoms with van der Waals surface area (Å²) in [6.07, 6.45) is 7.40. The smallest absolute Gasteiger partial charge is 0.313 e. The van der Waals surface area contributed by atoms with Crippen LogP contribution in [0, 0.1) is 17.1 Å². The van der Waals surface area contributed by atoms with Crippen LogP contribution >= 0.6 is 11.3 Å². The van der Waals surface area contributed by atoms with E-state index in [9.17, 15) is 14.4 Å². The second-order valence-corrected chi connectivity index (χ2v) is 9.44. The van der Waals surface area contributed by atoms with Crippen LogP contribution in [-0.4, -0.2) is 48.9 Å². The largest absolute Gasteiger partial charge is 0.466 e. The number of benzene rings is 1. The van der Waals surface area contributed by atoms with E-state index in [-0.39, 0.29) is 18.2 Å². The number of nitrogens with zero attached hydrogens (tertiary/aromatic N) is 8. The summed E-state index contributed by atoms with van der Waals surface area (Å²) in [7, 11) is 1.87. The number of aromatic nitrogens is 6. The van der Waals surface area contributed by atoms with E-state index < -0.39 is 0 Å². The summed E-state index contributed by atoms with van der Waals surface area (Å²) in [5, 5.41) is 10.3. The number of halogens is 1. The van der Waals surface area contributed by atoms with Gasteiger partial charge in [0.25, 0.3) is 0 Å². The fourth-order valence-corrected chi connectivity index (χ4v) is 4.92. The Kier molecular flexibility index (Phi) is 7.25. The Morgan fingerprint density at radius 2 is 1.85 bits per heavy atom. The molecule has 39 heavy (non-hydrogen) atoms. The summed E-state index contributed by atoms with van der Waals surface area (Å²) in [4.78, 5) is 36.6. The summed E-state index contributed by atoms with van der Waals surface area (Å²) in [5.41, 5.74) is 3.92. The van der Waals surface area contributed by atoms with Crippen molar-refractivity contribution in [3.05, 3.63) is 71.3 Å². The van der Waals surface area contributed by atoms with Gasteiger partial charge >= 0.3 is 5.97 Å². The number of anilines is 2. The van der Waals surface area contributed by atoms with Gasteiger partial charge in [-0.25, -0.2) is 24.3 Å². The molecule has 10 nitrogen and oxygen atoms in total. The van der Waals surface area contributed by atoms with E-state index in [0.29, 0.717) is 57.0 Å². The first-order valence-corrected chi connectivity index (χ1v) is 13.0. The number of hydrogen-bond donors (Lipinski definition) is 0. The predicted molar refractivity (Wildman–Crippen MR) is 144 cm³/mol. The van der Waals surface area contributed by atoms with Crippen LogP contribution in [0.5, 0.6) is 0 Å². The molecule has 0 atom stereocenters. The minimum absolute atomic E-state index is 0.00465. The number of fused-ring (bicyclic) bond motifs is 1. The van der Waals surface area contributed by atoms with Gasteiger partial charge in [-0.2, -0.15) is 5.26 Å². The summed E-state index contributed by atoms with van der Waals surface area (Å²) < 4.78 is 20.3. The molecule has 4 aromatic heterocycles. The van der Waals surface area contributed by atoms with Crippen LogP contribution in [0.3, 0.4) is 0 Å². The lowest BCUT2D eigenvalue weighted by molar-refractivity contribution is -0.142. The molecule has 0 radical (unpaired) electrons.